The molecule has 0 bridgehead atoms. The zero-order valence-electron chi connectivity index (χ0n) is 13.3. The second kappa shape index (κ2) is 7.25. The van der Waals surface area contributed by atoms with Crippen molar-refractivity contribution in [3.63, 3.8) is 0 Å². The Morgan fingerprint density at radius 1 is 1.38 bits per heavy atom. The molecular formula is C17H27NO3. The maximum atomic E-state index is 9.79. The molecule has 118 valence electrons. The Morgan fingerprint density at radius 3 is 2.62 bits per heavy atom. The maximum Gasteiger partial charge on any atom is 0.119 e. The highest BCUT2D eigenvalue weighted by Gasteiger charge is 2.27. The summed E-state index contributed by atoms with van der Waals surface area (Å²) in [5.74, 6) is 0.855. The predicted molar refractivity (Wildman–Crippen MR) is 83.6 cm³/mol. The summed E-state index contributed by atoms with van der Waals surface area (Å²) in [6.07, 6.45) is 2.65. The molecule has 0 saturated carbocycles. The number of rotatable bonds is 7. The highest BCUT2D eigenvalue weighted by atomic mass is 16.5. The lowest BCUT2D eigenvalue weighted by molar-refractivity contribution is 0.0910. The van der Waals surface area contributed by atoms with E-state index < -0.39 is 5.54 Å². The van der Waals surface area contributed by atoms with Crippen molar-refractivity contribution in [3.05, 3.63) is 29.8 Å². The van der Waals surface area contributed by atoms with Crippen molar-refractivity contribution in [2.75, 3.05) is 19.8 Å². The predicted octanol–water partition coefficient (Wildman–Crippen LogP) is 2.45. The zero-order chi connectivity index (χ0) is 15.3. The van der Waals surface area contributed by atoms with Crippen LogP contribution < -0.4 is 10.1 Å². The average molecular weight is 293 g/mol. The fraction of sp³-hybridized carbons (Fsp3) is 0.647. The zero-order valence-corrected chi connectivity index (χ0v) is 13.3. The van der Waals surface area contributed by atoms with Crippen molar-refractivity contribution in [2.24, 2.45) is 0 Å². The molecule has 1 aliphatic heterocycles. The summed E-state index contributed by atoms with van der Waals surface area (Å²) >= 11 is 0. The van der Waals surface area contributed by atoms with Gasteiger partial charge in [-0.25, -0.2) is 0 Å². The van der Waals surface area contributed by atoms with Crippen molar-refractivity contribution in [1.82, 2.24) is 5.32 Å². The summed E-state index contributed by atoms with van der Waals surface area (Å²) in [7, 11) is 0. The molecule has 0 amide bonds. The molecule has 2 unspecified atom stereocenters. The van der Waals surface area contributed by atoms with E-state index in [1.165, 1.54) is 0 Å². The molecule has 0 aliphatic carbocycles. The van der Waals surface area contributed by atoms with Crippen LogP contribution in [0.1, 0.15) is 39.2 Å². The van der Waals surface area contributed by atoms with Crippen LogP contribution in [0.4, 0.5) is 0 Å². The molecule has 0 spiro atoms. The normalized spacial score (nSPS) is 21.5. The summed E-state index contributed by atoms with van der Waals surface area (Å²) in [6, 6.07) is 7.93. The minimum Gasteiger partial charge on any atom is -0.491 e. The number of benzene rings is 1. The second-order valence-corrected chi connectivity index (χ2v) is 6.20. The van der Waals surface area contributed by atoms with Crippen LogP contribution >= 0.6 is 0 Å². The molecule has 0 radical (unpaired) electrons. The minimum absolute atomic E-state index is 0.0457. The van der Waals surface area contributed by atoms with Gasteiger partial charge in [0.25, 0.3) is 0 Å². The lowest BCUT2D eigenvalue weighted by atomic mass is 9.92. The van der Waals surface area contributed by atoms with Crippen molar-refractivity contribution < 1.29 is 14.6 Å². The quantitative estimate of drug-likeness (QED) is 0.811. The van der Waals surface area contributed by atoms with Crippen LogP contribution in [0.3, 0.4) is 0 Å². The number of aliphatic hydroxyl groups excluding tert-OH is 1. The first-order valence-electron chi connectivity index (χ1n) is 7.78. The molecule has 4 nitrogen and oxygen atoms in total. The molecular weight excluding hydrogens is 266 g/mol. The standard InChI is InChI=1S/C17H27NO3/c1-13(2)21-15-8-6-14(7-9-15)17(3,12-19)18-11-16-5-4-10-20-16/h6-9,13,16,18-19H,4-5,10-12H2,1-3H3. The van der Waals surface area contributed by atoms with Gasteiger partial charge in [0.15, 0.2) is 0 Å². The van der Waals surface area contributed by atoms with E-state index in [2.05, 4.69) is 5.32 Å². The highest BCUT2D eigenvalue weighted by Crippen LogP contribution is 2.24. The van der Waals surface area contributed by atoms with Gasteiger partial charge in [0, 0.05) is 13.2 Å². The Labute approximate surface area is 127 Å². The summed E-state index contributed by atoms with van der Waals surface area (Å²) in [5.41, 5.74) is 0.599. The van der Waals surface area contributed by atoms with E-state index in [4.69, 9.17) is 9.47 Å². The number of aliphatic hydroxyl groups is 1. The van der Waals surface area contributed by atoms with E-state index in [-0.39, 0.29) is 18.8 Å². The van der Waals surface area contributed by atoms with Gasteiger partial charge in [-0.05, 0) is 51.3 Å². The van der Waals surface area contributed by atoms with Crippen LogP contribution in [0.25, 0.3) is 0 Å². The maximum absolute atomic E-state index is 9.79. The lowest BCUT2D eigenvalue weighted by Gasteiger charge is -2.31. The third-order valence-corrected chi connectivity index (χ3v) is 3.92. The Balaban J connectivity index is 2.00. The first kappa shape index (κ1) is 16.3. The van der Waals surface area contributed by atoms with Gasteiger partial charge in [-0.1, -0.05) is 12.1 Å². The third kappa shape index (κ3) is 4.43. The fourth-order valence-corrected chi connectivity index (χ4v) is 2.57. The molecule has 21 heavy (non-hydrogen) atoms. The van der Waals surface area contributed by atoms with Crippen molar-refractivity contribution >= 4 is 0 Å². The average Bonchev–Trinajstić information content (AvgIpc) is 2.98. The topological polar surface area (TPSA) is 50.7 Å². The van der Waals surface area contributed by atoms with Crippen LogP contribution in [-0.2, 0) is 10.3 Å². The monoisotopic (exact) mass is 293 g/mol. The van der Waals surface area contributed by atoms with E-state index >= 15 is 0 Å². The Hall–Kier alpha value is -1.10. The van der Waals surface area contributed by atoms with E-state index in [9.17, 15) is 5.11 Å². The van der Waals surface area contributed by atoms with E-state index in [0.717, 1.165) is 37.3 Å². The summed E-state index contributed by atoms with van der Waals surface area (Å²) in [6.45, 7) is 7.69. The fourth-order valence-electron chi connectivity index (χ4n) is 2.57. The van der Waals surface area contributed by atoms with E-state index in [1.54, 1.807) is 0 Å². The highest BCUT2D eigenvalue weighted by molar-refractivity contribution is 5.32. The largest absolute Gasteiger partial charge is 0.491 e. The van der Waals surface area contributed by atoms with E-state index in [1.807, 2.05) is 45.0 Å². The van der Waals surface area contributed by atoms with Crippen molar-refractivity contribution in [1.29, 1.82) is 0 Å². The Kier molecular flexibility index (Phi) is 5.62. The summed E-state index contributed by atoms with van der Waals surface area (Å²) in [5, 5.41) is 13.2. The van der Waals surface area contributed by atoms with Gasteiger partial charge in [0.1, 0.15) is 5.75 Å². The first-order chi connectivity index (χ1) is 10.0. The number of ether oxygens (including phenoxy) is 2. The van der Waals surface area contributed by atoms with Gasteiger partial charge in [0.05, 0.1) is 24.4 Å². The molecule has 2 N–H and O–H groups in total. The van der Waals surface area contributed by atoms with E-state index in [0.29, 0.717) is 0 Å². The SMILES string of the molecule is CC(C)Oc1ccc(C(C)(CO)NCC2CCCO2)cc1. The Morgan fingerprint density at radius 2 is 2.10 bits per heavy atom. The van der Waals surface area contributed by atoms with Gasteiger partial charge in [0.2, 0.25) is 0 Å². The van der Waals surface area contributed by atoms with Crippen LogP contribution in [0.5, 0.6) is 5.75 Å². The van der Waals surface area contributed by atoms with Crippen LogP contribution in [0.15, 0.2) is 24.3 Å². The molecule has 1 aromatic rings. The van der Waals surface area contributed by atoms with Crippen LogP contribution in [-0.4, -0.2) is 37.1 Å². The first-order valence-corrected chi connectivity index (χ1v) is 7.78. The molecule has 1 fully saturated rings. The molecule has 1 saturated heterocycles. The molecule has 2 atom stereocenters. The van der Waals surface area contributed by atoms with Crippen molar-refractivity contribution in [3.8, 4) is 5.75 Å². The lowest BCUT2D eigenvalue weighted by Crippen LogP contribution is -2.46. The Bertz CT molecular complexity index is 426. The number of nitrogens with one attached hydrogen (secondary N) is 1. The van der Waals surface area contributed by atoms with Crippen molar-refractivity contribution in [2.45, 2.75) is 51.4 Å². The number of hydrogen-bond donors (Lipinski definition) is 2. The summed E-state index contributed by atoms with van der Waals surface area (Å²) in [4.78, 5) is 0. The second-order valence-electron chi connectivity index (χ2n) is 6.20. The molecule has 1 aromatic carbocycles. The third-order valence-electron chi connectivity index (χ3n) is 3.92. The molecule has 1 aliphatic rings. The molecule has 4 heteroatoms. The number of hydrogen-bond acceptors (Lipinski definition) is 4. The smallest absolute Gasteiger partial charge is 0.119 e. The molecule has 0 aromatic heterocycles. The van der Waals surface area contributed by atoms with Gasteiger partial charge >= 0.3 is 0 Å². The van der Waals surface area contributed by atoms with Gasteiger partial charge in [-0.15, -0.1) is 0 Å². The van der Waals surface area contributed by atoms with Gasteiger partial charge < -0.3 is 19.9 Å². The molecule has 2 rings (SSSR count). The van der Waals surface area contributed by atoms with Crippen LogP contribution in [0.2, 0.25) is 0 Å². The van der Waals surface area contributed by atoms with Gasteiger partial charge in [-0.3, -0.25) is 0 Å². The molecule has 1 heterocycles. The minimum atomic E-state index is -0.456. The van der Waals surface area contributed by atoms with Crippen LogP contribution in [0, 0.1) is 0 Å². The van der Waals surface area contributed by atoms with Gasteiger partial charge in [-0.2, -0.15) is 0 Å². The summed E-state index contributed by atoms with van der Waals surface area (Å²) < 4.78 is 11.3.